The van der Waals surface area contributed by atoms with Crippen LogP contribution in [0.5, 0.6) is 11.5 Å². The van der Waals surface area contributed by atoms with Crippen molar-refractivity contribution in [3.8, 4) is 11.5 Å². The molecule has 0 aromatic heterocycles. The molecule has 1 saturated carbocycles. The molecule has 1 fully saturated rings. The largest absolute Gasteiger partial charge is 0.454 e. The highest BCUT2D eigenvalue weighted by molar-refractivity contribution is 6.00. The second-order valence-corrected chi connectivity index (χ2v) is 5.08. The van der Waals surface area contributed by atoms with E-state index in [9.17, 15) is 4.79 Å². The Morgan fingerprint density at radius 1 is 1.35 bits per heavy atom. The molecular weight excluding hydrogens is 260 g/mol. The number of nitrogens with two attached hydrogens (primary N) is 1. The van der Waals surface area contributed by atoms with E-state index in [-0.39, 0.29) is 24.8 Å². The smallest absolute Gasteiger partial charge is 0.253 e. The summed E-state index contributed by atoms with van der Waals surface area (Å²) >= 11 is 0. The van der Waals surface area contributed by atoms with E-state index in [4.69, 9.17) is 19.9 Å². The fourth-order valence-electron chi connectivity index (χ4n) is 2.77. The van der Waals surface area contributed by atoms with Crippen molar-refractivity contribution in [2.45, 2.75) is 31.4 Å². The molecule has 3 rings (SSSR count). The topological polar surface area (TPSA) is 82.8 Å². The summed E-state index contributed by atoms with van der Waals surface area (Å²) in [5.41, 5.74) is 6.71. The van der Waals surface area contributed by atoms with Gasteiger partial charge in [-0.2, -0.15) is 0 Å². The second kappa shape index (κ2) is 5.20. The summed E-state index contributed by atoms with van der Waals surface area (Å²) < 4.78 is 15.9. The lowest BCUT2D eigenvalue weighted by atomic mass is 10.1. The molecule has 1 aromatic rings. The van der Waals surface area contributed by atoms with E-state index in [2.05, 4.69) is 5.32 Å². The van der Waals surface area contributed by atoms with Crippen molar-refractivity contribution in [2.75, 3.05) is 19.6 Å². The minimum atomic E-state index is -0.199. The first-order chi connectivity index (χ1) is 9.69. The lowest BCUT2D eigenvalue weighted by molar-refractivity contribution is 0.0722. The van der Waals surface area contributed by atoms with Crippen molar-refractivity contribution in [3.63, 3.8) is 0 Å². The quantitative estimate of drug-likeness (QED) is 0.814. The molecule has 2 atom stereocenters. The second-order valence-electron chi connectivity index (χ2n) is 5.08. The average Bonchev–Trinajstić information content (AvgIpc) is 3.05. The number of methoxy groups -OCH3 is 1. The Morgan fingerprint density at radius 3 is 2.85 bits per heavy atom. The minimum Gasteiger partial charge on any atom is -0.454 e. The lowest BCUT2D eigenvalue weighted by Crippen LogP contribution is -2.40. The van der Waals surface area contributed by atoms with E-state index in [1.807, 2.05) is 0 Å². The highest BCUT2D eigenvalue weighted by Crippen LogP contribution is 2.36. The highest BCUT2D eigenvalue weighted by atomic mass is 16.7. The van der Waals surface area contributed by atoms with Gasteiger partial charge in [-0.25, -0.2) is 0 Å². The first kappa shape index (κ1) is 13.1. The number of benzene rings is 1. The van der Waals surface area contributed by atoms with E-state index >= 15 is 0 Å². The Bertz CT molecular complexity index is 532. The first-order valence-electron chi connectivity index (χ1n) is 6.72. The molecule has 1 amide bonds. The molecule has 0 spiro atoms. The van der Waals surface area contributed by atoms with Gasteiger partial charge in [-0.15, -0.1) is 0 Å². The van der Waals surface area contributed by atoms with Crippen molar-refractivity contribution in [3.05, 3.63) is 17.7 Å². The first-order valence-corrected chi connectivity index (χ1v) is 6.72. The molecule has 108 valence electrons. The average molecular weight is 278 g/mol. The van der Waals surface area contributed by atoms with E-state index in [1.165, 1.54) is 0 Å². The zero-order valence-corrected chi connectivity index (χ0v) is 11.3. The third-order valence-corrected chi connectivity index (χ3v) is 3.86. The van der Waals surface area contributed by atoms with Crippen LogP contribution in [0.4, 0.5) is 5.69 Å². The number of amides is 1. The monoisotopic (exact) mass is 278 g/mol. The van der Waals surface area contributed by atoms with Gasteiger partial charge in [-0.1, -0.05) is 0 Å². The van der Waals surface area contributed by atoms with Crippen molar-refractivity contribution < 1.29 is 19.0 Å². The predicted octanol–water partition coefficient (Wildman–Crippen LogP) is 1.29. The van der Waals surface area contributed by atoms with Gasteiger partial charge in [0.05, 0.1) is 17.7 Å². The van der Waals surface area contributed by atoms with Gasteiger partial charge < -0.3 is 25.3 Å². The van der Waals surface area contributed by atoms with E-state index in [1.54, 1.807) is 19.2 Å². The Balaban J connectivity index is 1.77. The maximum atomic E-state index is 12.3. The van der Waals surface area contributed by atoms with Gasteiger partial charge in [0.15, 0.2) is 11.5 Å². The van der Waals surface area contributed by atoms with Crippen LogP contribution in [-0.2, 0) is 4.74 Å². The van der Waals surface area contributed by atoms with E-state index in [0.717, 1.165) is 19.3 Å². The maximum absolute atomic E-state index is 12.3. The van der Waals surface area contributed by atoms with Gasteiger partial charge in [0.1, 0.15) is 0 Å². The van der Waals surface area contributed by atoms with E-state index in [0.29, 0.717) is 22.7 Å². The number of anilines is 1. The Morgan fingerprint density at radius 2 is 2.10 bits per heavy atom. The molecule has 1 heterocycles. The van der Waals surface area contributed by atoms with Crippen LogP contribution >= 0.6 is 0 Å². The van der Waals surface area contributed by atoms with Crippen molar-refractivity contribution in [1.82, 2.24) is 5.32 Å². The molecule has 3 N–H and O–H groups in total. The number of nitrogen functional groups attached to an aromatic ring is 1. The Labute approximate surface area is 117 Å². The van der Waals surface area contributed by atoms with Gasteiger partial charge in [0, 0.05) is 18.9 Å². The maximum Gasteiger partial charge on any atom is 0.253 e. The normalized spacial score (nSPS) is 23.9. The predicted molar refractivity (Wildman–Crippen MR) is 72.9 cm³/mol. The van der Waals surface area contributed by atoms with Gasteiger partial charge in [0.2, 0.25) is 6.79 Å². The molecule has 20 heavy (non-hydrogen) atoms. The van der Waals surface area contributed by atoms with Crippen LogP contribution in [0.2, 0.25) is 0 Å². The summed E-state index contributed by atoms with van der Waals surface area (Å²) in [4.78, 5) is 12.3. The molecule has 1 aliphatic heterocycles. The molecular formula is C14H18N2O4. The third kappa shape index (κ3) is 2.27. The molecule has 6 nitrogen and oxygen atoms in total. The van der Waals surface area contributed by atoms with Crippen LogP contribution < -0.4 is 20.5 Å². The fourth-order valence-corrected chi connectivity index (χ4v) is 2.77. The number of nitrogens with one attached hydrogen (secondary N) is 1. The van der Waals surface area contributed by atoms with Crippen molar-refractivity contribution in [2.24, 2.45) is 0 Å². The zero-order chi connectivity index (χ0) is 14.1. The van der Waals surface area contributed by atoms with Crippen molar-refractivity contribution >= 4 is 11.6 Å². The molecule has 0 radical (unpaired) electrons. The number of carbonyl (C=O) groups excluding carboxylic acids is 1. The van der Waals surface area contributed by atoms with E-state index < -0.39 is 0 Å². The number of hydrogen-bond donors (Lipinski definition) is 2. The van der Waals surface area contributed by atoms with Gasteiger partial charge >= 0.3 is 0 Å². The number of rotatable bonds is 3. The number of fused-ring (bicyclic) bond motifs is 1. The van der Waals surface area contributed by atoms with Crippen LogP contribution in [0.1, 0.15) is 29.6 Å². The molecule has 6 heteroatoms. The molecule has 1 aliphatic carbocycles. The molecule has 2 unspecified atom stereocenters. The minimum absolute atomic E-state index is 0.0392. The number of carbonyl (C=O) groups is 1. The fraction of sp³-hybridized carbons (Fsp3) is 0.500. The van der Waals surface area contributed by atoms with Gasteiger partial charge in [-0.3, -0.25) is 4.79 Å². The number of ether oxygens (including phenoxy) is 3. The Kier molecular flexibility index (Phi) is 3.40. The van der Waals surface area contributed by atoms with Gasteiger partial charge in [0.25, 0.3) is 5.91 Å². The third-order valence-electron chi connectivity index (χ3n) is 3.86. The van der Waals surface area contributed by atoms with Crippen LogP contribution in [-0.4, -0.2) is 32.0 Å². The summed E-state index contributed by atoms with van der Waals surface area (Å²) in [5, 5.41) is 2.99. The zero-order valence-electron chi connectivity index (χ0n) is 11.3. The Hall–Kier alpha value is -1.95. The summed E-state index contributed by atoms with van der Waals surface area (Å²) in [6.45, 7) is 0.161. The molecule has 0 bridgehead atoms. The van der Waals surface area contributed by atoms with Gasteiger partial charge in [-0.05, 0) is 25.3 Å². The summed E-state index contributed by atoms with van der Waals surface area (Å²) in [7, 11) is 1.67. The highest BCUT2D eigenvalue weighted by Gasteiger charge is 2.29. The number of hydrogen-bond acceptors (Lipinski definition) is 5. The van der Waals surface area contributed by atoms with Crippen LogP contribution in [0.25, 0.3) is 0 Å². The van der Waals surface area contributed by atoms with Crippen LogP contribution in [0, 0.1) is 0 Å². The SMILES string of the molecule is COC1CCCC1NC(=O)c1cc2c(cc1N)OCO2. The summed E-state index contributed by atoms with van der Waals surface area (Å²) in [6, 6.07) is 3.29. The lowest BCUT2D eigenvalue weighted by Gasteiger charge is -2.20. The molecule has 0 saturated heterocycles. The van der Waals surface area contributed by atoms with Crippen LogP contribution in [0.15, 0.2) is 12.1 Å². The molecule has 2 aliphatic rings. The summed E-state index contributed by atoms with van der Waals surface area (Å²) in [6.07, 6.45) is 3.03. The van der Waals surface area contributed by atoms with Crippen LogP contribution in [0.3, 0.4) is 0 Å². The standard InChI is InChI=1S/C14H18N2O4/c1-18-11-4-2-3-10(11)16-14(17)8-5-12-13(6-9(8)15)20-7-19-12/h5-6,10-11H,2-4,7,15H2,1H3,(H,16,17). The molecule has 1 aromatic carbocycles. The van der Waals surface area contributed by atoms with Crippen molar-refractivity contribution in [1.29, 1.82) is 0 Å². The summed E-state index contributed by atoms with van der Waals surface area (Å²) in [5.74, 6) is 0.934.